The summed E-state index contributed by atoms with van der Waals surface area (Å²) in [6, 6.07) is 16.6. The maximum absolute atomic E-state index is 7.71. The van der Waals surface area contributed by atoms with Gasteiger partial charge < -0.3 is 10.5 Å². The largest absolute Gasteiger partial charge is 0.496 e. The minimum absolute atomic E-state index is 0.0476. The fraction of sp³-hybridized carbons (Fsp3) is 0.350. The van der Waals surface area contributed by atoms with E-state index in [0.717, 1.165) is 39.3 Å². The number of nitrogens with two attached hydrogens (primary N) is 1. The molecule has 0 bridgehead atoms. The zero-order valence-corrected chi connectivity index (χ0v) is 14.7. The second kappa shape index (κ2) is 8.14. The van der Waals surface area contributed by atoms with E-state index < -0.39 is 0 Å². The van der Waals surface area contributed by atoms with Gasteiger partial charge >= 0.3 is 0 Å². The zero-order valence-electron chi connectivity index (χ0n) is 14.7. The molecule has 0 radical (unpaired) electrons. The maximum Gasteiger partial charge on any atom is 0.129 e. The van der Waals surface area contributed by atoms with Gasteiger partial charge in [0.25, 0.3) is 0 Å². The van der Waals surface area contributed by atoms with Crippen molar-refractivity contribution in [3.05, 3.63) is 65.2 Å². The number of rotatable bonds is 6. The smallest absolute Gasteiger partial charge is 0.129 e. The molecular formula is C20H26N4O. The number of hydrogen-bond donors (Lipinski definition) is 2. The highest BCUT2D eigenvalue weighted by atomic mass is 16.5. The van der Waals surface area contributed by atoms with Crippen molar-refractivity contribution in [2.75, 3.05) is 33.3 Å². The molecule has 1 fully saturated rings. The van der Waals surface area contributed by atoms with Crippen molar-refractivity contribution in [2.24, 2.45) is 5.73 Å². The van der Waals surface area contributed by atoms with Crippen molar-refractivity contribution in [1.82, 2.24) is 9.80 Å². The van der Waals surface area contributed by atoms with Crippen LogP contribution in [-0.4, -0.2) is 48.9 Å². The summed E-state index contributed by atoms with van der Waals surface area (Å²) < 4.78 is 5.28. The lowest BCUT2D eigenvalue weighted by Gasteiger charge is -2.34. The average Bonchev–Trinajstić information content (AvgIpc) is 2.64. The predicted octanol–water partition coefficient (Wildman–Crippen LogP) is 2.30. The summed E-state index contributed by atoms with van der Waals surface area (Å²) in [5.74, 6) is 0.704. The first-order valence-corrected chi connectivity index (χ1v) is 8.65. The van der Waals surface area contributed by atoms with Gasteiger partial charge in [0, 0.05) is 39.3 Å². The van der Waals surface area contributed by atoms with E-state index in [9.17, 15) is 0 Å². The van der Waals surface area contributed by atoms with E-state index in [-0.39, 0.29) is 5.84 Å². The molecule has 1 saturated heterocycles. The highest BCUT2D eigenvalue weighted by Crippen LogP contribution is 2.21. The van der Waals surface area contributed by atoms with Crippen LogP contribution in [0.15, 0.2) is 48.5 Å². The molecule has 2 aromatic carbocycles. The lowest BCUT2D eigenvalue weighted by molar-refractivity contribution is 0.122. The van der Waals surface area contributed by atoms with Crippen molar-refractivity contribution in [2.45, 2.75) is 13.1 Å². The van der Waals surface area contributed by atoms with Crippen LogP contribution in [0.1, 0.15) is 16.7 Å². The SMILES string of the molecule is COc1ccc(CN2CCN(Cc3ccccc3)CC2)cc1C(=N)N. The van der Waals surface area contributed by atoms with Gasteiger partial charge in [-0.1, -0.05) is 36.4 Å². The Kier molecular flexibility index (Phi) is 5.68. The molecule has 1 heterocycles. The summed E-state index contributed by atoms with van der Waals surface area (Å²) in [4.78, 5) is 4.95. The van der Waals surface area contributed by atoms with E-state index in [0.29, 0.717) is 11.3 Å². The Bertz CT molecular complexity index is 709. The van der Waals surface area contributed by atoms with Gasteiger partial charge in [0.15, 0.2) is 0 Å². The van der Waals surface area contributed by atoms with Crippen LogP contribution in [0, 0.1) is 5.41 Å². The van der Waals surface area contributed by atoms with E-state index >= 15 is 0 Å². The molecule has 5 heteroatoms. The fourth-order valence-corrected chi connectivity index (χ4v) is 3.27. The number of nitrogens with zero attached hydrogens (tertiary/aromatic N) is 2. The van der Waals surface area contributed by atoms with Gasteiger partial charge in [-0.15, -0.1) is 0 Å². The second-order valence-corrected chi connectivity index (χ2v) is 6.49. The van der Waals surface area contributed by atoms with Gasteiger partial charge in [0.05, 0.1) is 12.7 Å². The summed E-state index contributed by atoms with van der Waals surface area (Å²) in [7, 11) is 1.60. The third-order valence-electron chi connectivity index (χ3n) is 4.67. The lowest BCUT2D eigenvalue weighted by Crippen LogP contribution is -2.45. The molecule has 3 N–H and O–H groups in total. The molecule has 0 saturated carbocycles. The molecule has 0 unspecified atom stereocenters. The lowest BCUT2D eigenvalue weighted by atomic mass is 10.1. The number of amidine groups is 1. The first-order valence-electron chi connectivity index (χ1n) is 8.65. The molecule has 0 atom stereocenters. The number of nitrogens with one attached hydrogen (secondary N) is 1. The van der Waals surface area contributed by atoms with E-state index in [2.05, 4.69) is 46.2 Å². The molecular weight excluding hydrogens is 312 g/mol. The third-order valence-corrected chi connectivity index (χ3v) is 4.67. The summed E-state index contributed by atoms with van der Waals surface area (Å²) in [5, 5.41) is 7.71. The first kappa shape index (κ1) is 17.5. The monoisotopic (exact) mass is 338 g/mol. The number of benzene rings is 2. The highest BCUT2D eigenvalue weighted by molar-refractivity contribution is 5.97. The van der Waals surface area contributed by atoms with Crippen LogP contribution < -0.4 is 10.5 Å². The first-order chi connectivity index (χ1) is 12.2. The summed E-state index contributed by atoms with van der Waals surface area (Å²) in [6.07, 6.45) is 0. The Morgan fingerprint density at radius 1 is 0.960 bits per heavy atom. The van der Waals surface area contributed by atoms with Crippen LogP contribution in [0.3, 0.4) is 0 Å². The number of piperazine rings is 1. The van der Waals surface area contributed by atoms with E-state index in [4.69, 9.17) is 15.9 Å². The summed E-state index contributed by atoms with van der Waals surface area (Å²) in [5.41, 5.74) is 8.88. The van der Waals surface area contributed by atoms with Gasteiger partial charge in [-0.3, -0.25) is 15.2 Å². The zero-order chi connectivity index (χ0) is 17.6. The van der Waals surface area contributed by atoms with Gasteiger partial charge in [-0.05, 0) is 23.3 Å². The minimum atomic E-state index is 0.0476. The topological polar surface area (TPSA) is 65.6 Å². The molecule has 0 aromatic heterocycles. The molecule has 3 rings (SSSR count). The van der Waals surface area contributed by atoms with Crippen LogP contribution in [0.25, 0.3) is 0 Å². The fourth-order valence-electron chi connectivity index (χ4n) is 3.27. The van der Waals surface area contributed by atoms with Crippen molar-refractivity contribution < 1.29 is 4.74 Å². The molecule has 0 aliphatic carbocycles. The molecule has 132 valence electrons. The number of hydrogen-bond acceptors (Lipinski definition) is 4. The van der Waals surface area contributed by atoms with Crippen LogP contribution in [0.5, 0.6) is 5.75 Å². The van der Waals surface area contributed by atoms with Gasteiger partial charge in [0.1, 0.15) is 11.6 Å². The summed E-state index contributed by atoms with van der Waals surface area (Å²) >= 11 is 0. The number of nitrogen functional groups attached to an aromatic ring is 1. The Balaban J connectivity index is 1.55. The Hall–Kier alpha value is -2.37. The number of methoxy groups -OCH3 is 1. The highest BCUT2D eigenvalue weighted by Gasteiger charge is 2.17. The van der Waals surface area contributed by atoms with Crippen molar-refractivity contribution >= 4 is 5.84 Å². The van der Waals surface area contributed by atoms with Crippen LogP contribution >= 0.6 is 0 Å². The Labute approximate surface area is 149 Å². The Morgan fingerprint density at radius 2 is 1.56 bits per heavy atom. The van der Waals surface area contributed by atoms with E-state index in [1.807, 2.05) is 12.1 Å². The Morgan fingerprint density at radius 3 is 2.12 bits per heavy atom. The van der Waals surface area contributed by atoms with Crippen LogP contribution in [0.2, 0.25) is 0 Å². The third kappa shape index (κ3) is 4.59. The maximum atomic E-state index is 7.71. The van der Waals surface area contributed by atoms with Crippen molar-refractivity contribution in [3.63, 3.8) is 0 Å². The molecule has 2 aromatic rings. The van der Waals surface area contributed by atoms with E-state index in [1.165, 1.54) is 11.1 Å². The normalized spacial score (nSPS) is 15.9. The van der Waals surface area contributed by atoms with Crippen molar-refractivity contribution in [1.29, 1.82) is 5.41 Å². The van der Waals surface area contributed by atoms with E-state index in [1.54, 1.807) is 7.11 Å². The van der Waals surface area contributed by atoms with Gasteiger partial charge in [-0.2, -0.15) is 0 Å². The van der Waals surface area contributed by atoms with Gasteiger partial charge in [0.2, 0.25) is 0 Å². The van der Waals surface area contributed by atoms with Gasteiger partial charge in [-0.25, -0.2) is 0 Å². The predicted molar refractivity (Wildman–Crippen MR) is 101 cm³/mol. The molecule has 0 amide bonds. The molecule has 25 heavy (non-hydrogen) atoms. The number of ether oxygens (including phenoxy) is 1. The standard InChI is InChI=1S/C20H26N4O/c1-25-19-8-7-17(13-18(19)20(21)22)15-24-11-9-23(10-12-24)14-16-5-3-2-4-6-16/h2-8,13H,9-12,14-15H2,1H3,(H3,21,22). The molecule has 1 aliphatic heterocycles. The molecule has 5 nitrogen and oxygen atoms in total. The average molecular weight is 338 g/mol. The van der Waals surface area contributed by atoms with Crippen molar-refractivity contribution in [3.8, 4) is 5.75 Å². The quantitative estimate of drug-likeness (QED) is 0.626. The van der Waals surface area contributed by atoms with Crippen LogP contribution in [0.4, 0.5) is 0 Å². The second-order valence-electron chi connectivity index (χ2n) is 6.49. The molecule has 0 spiro atoms. The summed E-state index contributed by atoms with van der Waals surface area (Å²) in [6.45, 7) is 6.15. The minimum Gasteiger partial charge on any atom is -0.496 e. The molecule has 1 aliphatic rings. The van der Waals surface area contributed by atoms with Crippen LogP contribution in [-0.2, 0) is 13.1 Å².